The average molecular weight is 439 g/mol. The first kappa shape index (κ1) is 25.1. The fraction of sp³-hybridized carbons (Fsp3) is 0.609. The van der Waals surface area contributed by atoms with Crippen molar-refractivity contribution in [1.29, 1.82) is 0 Å². The van der Waals surface area contributed by atoms with Gasteiger partial charge >= 0.3 is 5.97 Å². The Morgan fingerprint density at radius 2 is 1.77 bits per heavy atom. The van der Waals surface area contributed by atoms with Gasteiger partial charge in [0.15, 0.2) is 11.5 Å². The van der Waals surface area contributed by atoms with Crippen LogP contribution in [0.1, 0.15) is 47.1 Å². The molecule has 0 spiro atoms. The highest BCUT2D eigenvalue weighted by Crippen LogP contribution is 2.34. The molecule has 1 heterocycles. The predicted octanol–water partition coefficient (Wildman–Crippen LogP) is 2.28. The molecule has 0 saturated carbocycles. The van der Waals surface area contributed by atoms with Crippen molar-refractivity contribution in [2.45, 2.75) is 71.7 Å². The molecule has 0 unspecified atom stereocenters. The number of rotatable bonds is 6. The van der Waals surface area contributed by atoms with Gasteiger partial charge in [-0.05, 0) is 65.3 Å². The van der Waals surface area contributed by atoms with E-state index in [2.05, 4.69) is 0 Å². The zero-order valence-electron chi connectivity index (χ0n) is 19.0. The molecule has 0 bridgehead atoms. The minimum absolute atomic E-state index is 0.145. The van der Waals surface area contributed by atoms with Crippen LogP contribution in [0.2, 0.25) is 0 Å². The van der Waals surface area contributed by atoms with E-state index in [-0.39, 0.29) is 19.2 Å². The predicted molar refractivity (Wildman–Crippen MR) is 115 cm³/mol. The van der Waals surface area contributed by atoms with Gasteiger partial charge in [-0.3, -0.25) is 4.79 Å². The second-order valence-corrected chi connectivity index (χ2v) is 9.54. The lowest BCUT2D eigenvalue weighted by atomic mass is 9.97. The summed E-state index contributed by atoms with van der Waals surface area (Å²) < 4.78 is 22.3. The molecule has 8 heteroatoms. The van der Waals surface area contributed by atoms with Crippen molar-refractivity contribution in [3.05, 3.63) is 29.8 Å². The summed E-state index contributed by atoms with van der Waals surface area (Å²) in [7, 11) is 0. The quantitative estimate of drug-likeness (QED) is 0.580. The van der Waals surface area contributed by atoms with E-state index in [0.29, 0.717) is 11.5 Å². The number of hydrogen-bond donors (Lipinski definition) is 3. The van der Waals surface area contributed by atoms with Crippen LogP contribution in [0.4, 0.5) is 0 Å². The highest BCUT2D eigenvalue weighted by Gasteiger charge is 2.39. The van der Waals surface area contributed by atoms with Gasteiger partial charge in [-0.25, -0.2) is 0 Å². The van der Waals surface area contributed by atoms with Crippen LogP contribution in [0, 0.1) is 5.41 Å². The Morgan fingerprint density at radius 1 is 1.10 bits per heavy atom. The number of aliphatic hydroxyl groups is 3. The van der Waals surface area contributed by atoms with Gasteiger partial charge < -0.3 is 34.3 Å². The third kappa shape index (κ3) is 7.50. The minimum Gasteiger partial charge on any atom is -0.484 e. The van der Waals surface area contributed by atoms with Crippen LogP contribution in [0.25, 0.3) is 6.08 Å². The van der Waals surface area contributed by atoms with E-state index >= 15 is 0 Å². The monoisotopic (exact) mass is 438 g/mol. The summed E-state index contributed by atoms with van der Waals surface area (Å²) in [4.78, 5) is 11.8. The number of hydrogen-bond acceptors (Lipinski definition) is 8. The largest absolute Gasteiger partial charge is 0.484 e. The van der Waals surface area contributed by atoms with E-state index in [0.717, 1.165) is 5.56 Å². The molecule has 1 aliphatic heterocycles. The fourth-order valence-electron chi connectivity index (χ4n) is 2.67. The van der Waals surface area contributed by atoms with Crippen molar-refractivity contribution in [2.24, 2.45) is 5.41 Å². The van der Waals surface area contributed by atoms with Gasteiger partial charge in [0.1, 0.15) is 30.5 Å². The minimum atomic E-state index is -1.41. The van der Waals surface area contributed by atoms with E-state index < -0.39 is 35.6 Å². The fourth-order valence-corrected chi connectivity index (χ4v) is 2.67. The Bertz CT molecular complexity index is 775. The summed E-state index contributed by atoms with van der Waals surface area (Å²) in [5, 5.41) is 29.6. The van der Waals surface area contributed by atoms with Gasteiger partial charge in [0.05, 0.1) is 12.0 Å². The molecular weight excluding hydrogens is 404 g/mol. The Labute approximate surface area is 183 Å². The molecule has 3 N–H and O–H groups in total. The summed E-state index contributed by atoms with van der Waals surface area (Å²) >= 11 is 0. The maximum absolute atomic E-state index is 11.8. The van der Waals surface area contributed by atoms with Gasteiger partial charge in [0, 0.05) is 0 Å². The molecule has 174 valence electrons. The molecule has 2 rings (SSSR count). The molecule has 1 aromatic carbocycles. The molecular formula is C23H34O8. The number of ether oxygens (including phenoxy) is 4. The van der Waals surface area contributed by atoms with Crippen LogP contribution in [-0.4, -0.2) is 64.7 Å². The van der Waals surface area contributed by atoms with E-state index in [1.165, 1.54) is 0 Å². The lowest BCUT2D eigenvalue weighted by Gasteiger charge is -2.35. The average Bonchev–Trinajstić information content (AvgIpc) is 2.65. The topological polar surface area (TPSA) is 115 Å². The maximum atomic E-state index is 11.8. The van der Waals surface area contributed by atoms with Crippen LogP contribution in [0.3, 0.4) is 0 Å². The molecule has 1 fully saturated rings. The van der Waals surface area contributed by atoms with Gasteiger partial charge in [-0.1, -0.05) is 12.1 Å². The first-order valence-electron chi connectivity index (χ1n) is 10.3. The highest BCUT2D eigenvalue weighted by atomic mass is 16.7. The van der Waals surface area contributed by atoms with Gasteiger partial charge in [0.2, 0.25) is 6.29 Å². The van der Waals surface area contributed by atoms with Crippen molar-refractivity contribution in [2.75, 3.05) is 13.2 Å². The number of carbonyl (C=O) groups excluding carboxylic acids is 1. The third-order valence-corrected chi connectivity index (χ3v) is 4.31. The lowest BCUT2D eigenvalue weighted by Crippen LogP contribution is -2.54. The van der Waals surface area contributed by atoms with Crippen molar-refractivity contribution in [1.82, 2.24) is 0 Å². The summed E-state index contributed by atoms with van der Waals surface area (Å²) in [5.74, 6) is 0.452. The molecule has 1 aromatic rings. The molecule has 0 aromatic heterocycles. The normalized spacial score (nSPS) is 24.8. The first-order valence-corrected chi connectivity index (χ1v) is 10.3. The van der Waals surface area contributed by atoms with E-state index in [1.807, 2.05) is 20.8 Å². The second kappa shape index (κ2) is 9.99. The van der Waals surface area contributed by atoms with Crippen molar-refractivity contribution < 1.29 is 39.1 Å². The first-order chi connectivity index (χ1) is 14.3. The lowest BCUT2D eigenvalue weighted by molar-refractivity contribution is -0.242. The van der Waals surface area contributed by atoms with E-state index in [1.54, 1.807) is 51.1 Å². The summed E-state index contributed by atoms with van der Waals surface area (Å²) in [5.41, 5.74) is -0.292. The highest BCUT2D eigenvalue weighted by molar-refractivity contribution is 5.75. The van der Waals surface area contributed by atoms with Crippen LogP contribution < -0.4 is 9.47 Å². The van der Waals surface area contributed by atoms with Gasteiger partial charge in [0.25, 0.3) is 0 Å². The summed E-state index contributed by atoms with van der Waals surface area (Å²) in [6.45, 7) is 11.0. The molecule has 0 radical (unpaired) electrons. The van der Waals surface area contributed by atoms with Crippen LogP contribution in [0.15, 0.2) is 24.3 Å². The van der Waals surface area contributed by atoms with E-state index in [4.69, 9.17) is 18.9 Å². The maximum Gasteiger partial charge on any atom is 0.311 e. The Balaban J connectivity index is 2.14. The van der Waals surface area contributed by atoms with E-state index in [9.17, 15) is 20.1 Å². The standard InChI is InChI=1S/C23H34O8/c1-22(2,3)21(27)28-11-7-8-14-9-10-16(17(12-14)31-23(4,5)6)30-20-19(26)18(25)15(24)13-29-20/h7-10,12,15,18-20,24-26H,11,13H2,1-6H3/b8-7+/t15-,18+,19-,20+/m1/s1. The Morgan fingerprint density at radius 3 is 2.39 bits per heavy atom. The molecule has 0 amide bonds. The van der Waals surface area contributed by atoms with Crippen molar-refractivity contribution in [3.63, 3.8) is 0 Å². The van der Waals surface area contributed by atoms with Gasteiger partial charge in [-0.15, -0.1) is 0 Å². The zero-order chi connectivity index (χ0) is 23.4. The number of carbonyl (C=O) groups is 1. The molecule has 4 atom stereocenters. The second-order valence-electron chi connectivity index (χ2n) is 9.54. The summed E-state index contributed by atoms with van der Waals surface area (Å²) in [6, 6.07) is 5.19. The molecule has 31 heavy (non-hydrogen) atoms. The number of esters is 1. The molecule has 1 aliphatic rings. The SMILES string of the molecule is CC(C)(C)Oc1cc(/C=C/COC(=O)C(C)(C)C)ccc1O[C@@H]1OC[C@@H](O)[C@H](O)[C@H]1O. The molecule has 8 nitrogen and oxygen atoms in total. The van der Waals surface area contributed by atoms with Gasteiger partial charge in [-0.2, -0.15) is 0 Å². The number of aliphatic hydroxyl groups excluding tert-OH is 3. The molecule has 0 aliphatic carbocycles. The summed E-state index contributed by atoms with van der Waals surface area (Å²) in [6.07, 6.45) is -1.60. The zero-order valence-corrected chi connectivity index (χ0v) is 19.0. The Kier molecular flexibility index (Phi) is 8.10. The third-order valence-electron chi connectivity index (χ3n) is 4.31. The number of benzene rings is 1. The van der Waals surface area contributed by atoms with Crippen molar-refractivity contribution in [3.8, 4) is 11.5 Å². The van der Waals surface area contributed by atoms with Crippen molar-refractivity contribution >= 4 is 12.0 Å². The Hall–Kier alpha value is -2.13. The molecule has 1 saturated heterocycles. The van der Waals surface area contributed by atoms with Crippen LogP contribution >= 0.6 is 0 Å². The smallest absolute Gasteiger partial charge is 0.311 e. The van der Waals surface area contributed by atoms with Crippen LogP contribution in [-0.2, 0) is 14.3 Å². The van der Waals surface area contributed by atoms with Crippen LogP contribution in [0.5, 0.6) is 11.5 Å².